The molecule has 1 atom stereocenters. The first-order valence-corrected chi connectivity index (χ1v) is 11.5. The van der Waals surface area contributed by atoms with Crippen LogP contribution < -0.4 is 16.6 Å². The fourth-order valence-corrected chi connectivity index (χ4v) is 3.92. The van der Waals surface area contributed by atoms with Crippen LogP contribution in [0.1, 0.15) is 47.2 Å². The summed E-state index contributed by atoms with van der Waals surface area (Å²) in [6.45, 7) is 0. The van der Waals surface area contributed by atoms with E-state index in [9.17, 15) is 28.8 Å². The normalized spacial score (nSPS) is 14.1. The second kappa shape index (κ2) is 10.8. The number of hydrogen-bond acceptors (Lipinski definition) is 9. The fraction of sp³-hybridized carbons (Fsp3) is 0.292. The van der Waals surface area contributed by atoms with Gasteiger partial charge in [0.2, 0.25) is 5.95 Å². The Kier molecular flexibility index (Phi) is 7.41. The molecule has 192 valence electrons. The molecule has 5 N–H and O–H groups in total. The number of rotatable bonds is 10. The molecular formula is C24H24N6O7. The van der Waals surface area contributed by atoms with Gasteiger partial charge >= 0.3 is 5.97 Å². The summed E-state index contributed by atoms with van der Waals surface area (Å²) in [4.78, 5) is 85.3. The maximum Gasteiger partial charge on any atom is 0.333 e. The Hall–Kier alpha value is -4.81. The Labute approximate surface area is 209 Å². The smallest absolute Gasteiger partial charge is 0.333 e. The number of benzene rings is 1. The van der Waals surface area contributed by atoms with Crippen molar-refractivity contribution in [2.24, 2.45) is 0 Å². The number of aromatic nitrogens is 3. The molecule has 1 saturated heterocycles. The average Bonchev–Trinajstić information content (AvgIpc) is 3.43. The van der Waals surface area contributed by atoms with Gasteiger partial charge in [-0.2, -0.15) is 4.98 Å². The average molecular weight is 508 g/mol. The van der Waals surface area contributed by atoms with Gasteiger partial charge in [-0.1, -0.05) is 12.1 Å². The lowest BCUT2D eigenvalue weighted by molar-refractivity contribution is -0.197. The zero-order valence-electron chi connectivity index (χ0n) is 19.6. The number of carbonyl (C=O) groups is 5. The number of nitrogens with one attached hydrogen (secondary N) is 3. The fourth-order valence-electron chi connectivity index (χ4n) is 3.92. The van der Waals surface area contributed by atoms with Crippen molar-refractivity contribution in [3.63, 3.8) is 0 Å². The van der Waals surface area contributed by atoms with Crippen LogP contribution in [0.3, 0.4) is 0 Å². The number of aromatic amines is 2. The van der Waals surface area contributed by atoms with E-state index in [1.807, 2.05) is 0 Å². The number of H-pyrrole nitrogens is 2. The molecule has 4 rings (SSSR count). The van der Waals surface area contributed by atoms with Crippen molar-refractivity contribution >= 4 is 47.0 Å². The minimum atomic E-state index is -0.965. The number of nitrogens with zero attached hydrogens (tertiary/aromatic N) is 2. The lowest BCUT2D eigenvalue weighted by Gasteiger charge is -2.15. The summed E-state index contributed by atoms with van der Waals surface area (Å²) in [5.74, 6) is -2.52. The van der Waals surface area contributed by atoms with Crippen LogP contribution >= 0.6 is 0 Å². The molecule has 13 nitrogen and oxygen atoms in total. The number of aryl methyl sites for hydroxylation is 2. The van der Waals surface area contributed by atoms with Gasteiger partial charge in [-0.05, 0) is 42.5 Å². The van der Waals surface area contributed by atoms with Crippen LogP contribution in [0.15, 0.2) is 35.3 Å². The number of nitrogen functional groups attached to an aromatic ring is 1. The largest absolute Gasteiger partial charge is 0.369 e. The molecular weight excluding hydrogens is 484 g/mol. The molecule has 3 aromatic rings. The summed E-state index contributed by atoms with van der Waals surface area (Å²) >= 11 is 0. The first-order chi connectivity index (χ1) is 17.7. The van der Waals surface area contributed by atoms with E-state index in [4.69, 9.17) is 10.6 Å². The van der Waals surface area contributed by atoms with Gasteiger partial charge < -0.3 is 25.7 Å². The molecule has 0 aliphatic carbocycles. The third kappa shape index (κ3) is 5.89. The highest BCUT2D eigenvalue weighted by Gasteiger charge is 2.32. The zero-order valence-corrected chi connectivity index (χ0v) is 19.6. The van der Waals surface area contributed by atoms with Crippen LogP contribution in [-0.4, -0.2) is 56.0 Å². The van der Waals surface area contributed by atoms with Crippen LogP contribution in [-0.2, 0) is 36.9 Å². The van der Waals surface area contributed by atoms with E-state index < -0.39 is 29.7 Å². The summed E-state index contributed by atoms with van der Waals surface area (Å²) in [6, 6.07) is 5.78. The first-order valence-electron chi connectivity index (χ1n) is 11.5. The van der Waals surface area contributed by atoms with Crippen molar-refractivity contribution in [1.82, 2.24) is 25.3 Å². The highest BCUT2D eigenvalue weighted by Crippen LogP contribution is 2.16. The molecule has 0 saturated carbocycles. The minimum Gasteiger partial charge on any atom is -0.369 e. The molecule has 0 bridgehead atoms. The number of carbonyl (C=O) groups excluding carboxylic acids is 5. The number of imide groups is 1. The monoisotopic (exact) mass is 508 g/mol. The summed E-state index contributed by atoms with van der Waals surface area (Å²) in [6.07, 6.45) is 2.98. The van der Waals surface area contributed by atoms with Crippen molar-refractivity contribution in [3.05, 3.63) is 57.5 Å². The van der Waals surface area contributed by atoms with Crippen LogP contribution in [0.4, 0.5) is 5.95 Å². The predicted molar refractivity (Wildman–Crippen MR) is 129 cm³/mol. The van der Waals surface area contributed by atoms with Crippen LogP contribution in [0, 0.1) is 0 Å². The minimum absolute atomic E-state index is 0.0200. The van der Waals surface area contributed by atoms with Crippen molar-refractivity contribution in [2.75, 3.05) is 5.73 Å². The molecule has 1 aliphatic heterocycles. The van der Waals surface area contributed by atoms with E-state index in [1.165, 1.54) is 0 Å². The number of amides is 3. The van der Waals surface area contributed by atoms with Gasteiger partial charge in [0.15, 0.2) is 0 Å². The number of fused-ring (bicyclic) bond motifs is 1. The third-order valence-corrected chi connectivity index (χ3v) is 5.88. The molecule has 0 radical (unpaired) electrons. The second-order valence-corrected chi connectivity index (χ2v) is 8.49. The molecule has 37 heavy (non-hydrogen) atoms. The van der Waals surface area contributed by atoms with Gasteiger partial charge in [-0.15, -0.1) is 5.06 Å². The highest BCUT2D eigenvalue weighted by molar-refractivity contribution is 6.01. The molecule has 3 heterocycles. The first kappa shape index (κ1) is 25.3. The summed E-state index contributed by atoms with van der Waals surface area (Å²) < 4.78 is 0. The van der Waals surface area contributed by atoms with E-state index in [1.54, 1.807) is 30.5 Å². The van der Waals surface area contributed by atoms with Gasteiger partial charge in [-0.3, -0.25) is 24.2 Å². The van der Waals surface area contributed by atoms with Gasteiger partial charge in [-0.25, -0.2) is 4.79 Å². The molecule has 1 aromatic carbocycles. The van der Waals surface area contributed by atoms with Crippen molar-refractivity contribution < 1.29 is 28.8 Å². The van der Waals surface area contributed by atoms with Gasteiger partial charge in [0.1, 0.15) is 11.9 Å². The zero-order chi connectivity index (χ0) is 26.5. The van der Waals surface area contributed by atoms with E-state index in [0.29, 0.717) is 40.8 Å². The molecule has 13 heteroatoms. The summed E-state index contributed by atoms with van der Waals surface area (Å²) in [5.41, 5.74) is 7.69. The van der Waals surface area contributed by atoms with Crippen molar-refractivity contribution in [3.8, 4) is 0 Å². The molecule has 0 spiro atoms. The lowest BCUT2D eigenvalue weighted by atomic mass is 10.0. The quantitative estimate of drug-likeness (QED) is 0.220. The molecule has 3 amide bonds. The number of hydroxylamine groups is 2. The Morgan fingerprint density at radius 1 is 1.14 bits per heavy atom. The lowest BCUT2D eigenvalue weighted by Crippen LogP contribution is -2.37. The highest BCUT2D eigenvalue weighted by atomic mass is 16.7. The Morgan fingerprint density at radius 2 is 1.84 bits per heavy atom. The van der Waals surface area contributed by atoms with Gasteiger partial charge in [0.25, 0.3) is 23.3 Å². The number of hydrogen-bond donors (Lipinski definition) is 4. The summed E-state index contributed by atoms with van der Waals surface area (Å²) in [5, 5.41) is 3.42. The number of aldehydes is 1. The van der Waals surface area contributed by atoms with Crippen LogP contribution in [0.25, 0.3) is 11.0 Å². The molecule has 2 aromatic heterocycles. The molecule has 1 fully saturated rings. The van der Waals surface area contributed by atoms with E-state index >= 15 is 0 Å². The van der Waals surface area contributed by atoms with Crippen molar-refractivity contribution in [1.29, 1.82) is 0 Å². The maximum atomic E-state index is 12.5. The maximum absolute atomic E-state index is 12.5. The molecule has 0 unspecified atom stereocenters. The predicted octanol–water partition coefficient (Wildman–Crippen LogP) is 0.303. The van der Waals surface area contributed by atoms with Crippen LogP contribution in [0.2, 0.25) is 0 Å². The third-order valence-electron chi connectivity index (χ3n) is 5.88. The number of anilines is 1. The molecule has 1 aliphatic rings. The number of nitrogens with two attached hydrogens (primary N) is 1. The second-order valence-electron chi connectivity index (χ2n) is 8.49. The SMILES string of the molecule is Nc1nc2[nH]cc(CCc3ccc(C(=O)N[C@H](C=O)CCC(=O)ON4C(=O)CCC4=O)cc3)c2c(=O)[nH]1. The van der Waals surface area contributed by atoms with E-state index in [-0.39, 0.29) is 37.2 Å². The Morgan fingerprint density at radius 3 is 2.51 bits per heavy atom. The standard InChI is InChI=1S/C24H24N6O7/c25-24-28-21-20(23(36)29-24)15(11-26-21)6-3-13-1-4-14(5-2-13)22(35)27-16(12-31)7-10-19(34)37-30-17(32)8-9-18(30)33/h1-2,4-5,11-12,16H,3,6-10H2,(H,27,35)(H4,25,26,28,29,36)/t16-/m0/s1. The summed E-state index contributed by atoms with van der Waals surface area (Å²) in [7, 11) is 0. The van der Waals surface area contributed by atoms with E-state index in [0.717, 1.165) is 11.1 Å². The topological polar surface area (TPSA) is 197 Å². The van der Waals surface area contributed by atoms with Gasteiger partial charge in [0.05, 0.1) is 17.8 Å². The Bertz CT molecular complexity index is 1410. The van der Waals surface area contributed by atoms with Gasteiger partial charge in [0, 0.05) is 24.6 Å². The Balaban J connectivity index is 1.28. The van der Waals surface area contributed by atoms with Crippen molar-refractivity contribution in [2.45, 2.75) is 44.6 Å². The van der Waals surface area contributed by atoms with Crippen LogP contribution in [0.5, 0.6) is 0 Å². The van der Waals surface area contributed by atoms with E-state index in [2.05, 4.69) is 20.3 Å².